The number of carboxylic acid groups (broad SMARTS) is 1. The van der Waals surface area contributed by atoms with Crippen LogP contribution < -0.4 is 10.4 Å². The number of hydrogen-bond acceptors (Lipinski definition) is 6. The summed E-state index contributed by atoms with van der Waals surface area (Å²) in [7, 11) is 0. The molecule has 1 amide bonds. The third kappa shape index (κ3) is 2.82. The lowest BCUT2D eigenvalue weighted by Crippen LogP contribution is -2.42. The van der Waals surface area contributed by atoms with Crippen LogP contribution in [0, 0.1) is 11.8 Å². The summed E-state index contributed by atoms with van der Waals surface area (Å²) in [5.41, 5.74) is 0. The molecule has 0 aromatic carbocycles. The first-order valence-electron chi connectivity index (χ1n) is 7.00. The summed E-state index contributed by atoms with van der Waals surface area (Å²) < 4.78 is 0. The number of anilines is 1. The van der Waals surface area contributed by atoms with Gasteiger partial charge in [-0.05, 0) is 25.7 Å². The van der Waals surface area contributed by atoms with E-state index in [0.717, 1.165) is 30.7 Å². The van der Waals surface area contributed by atoms with Crippen molar-refractivity contribution < 1.29 is 14.7 Å². The van der Waals surface area contributed by atoms with Crippen molar-refractivity contribution in [1.29, 1.82) is 0 Å². The van der Waals surface area contributed by atoms with Crippen molar-refractivity contribution in [1.82, 2.24) is 10.2 Å². The van der Waals surface area contributed by atoms with Gasteiger partial charge in [0.1, 0.15) is 5.01 Å². The molecule has 2 aliphatic rings. The van der Waals surface area contributed by atoms with Crippen molar-refractivity contribution in [3.8, 4) is 0 Å². The van der Waals surface area contributed by atoms with E-state index in [2.05, 4.69) is 15.5 Å². The number of aromatic nitrogens is 2. The maximum absolute atomic E-state index is 12.2. The van der Waals surface area contributed by atoms with Gasteiger partial charge in [0.05, 0.1) is 0 Å². The van der Waals surface area contributed by atoms with Gasteiger partial charge in [-0.25, -0.2) is 0 Å². The van der Waals surface area contributed by atoms with Gasteiger partial charge in [0.25, 0.3) is 0 Å². The van der Waals surface area contributed by atoms with Gasteiger partial charge in [-0.1, -0.05) is 24.2 Å². The van der Waals surface area contributed by atoms with Crippen LogP contribution in [0.2, 0.25) is 0 Å². The van der Waals surface area contributed by atoms with E-state index in [9.17, 15) is 14.7 Å². The third-order valence-electron chi connectivity index (χ3n) is 4.00. The van der Waals surface area contributed by atoms with Gasteiger partial charge in [-0.2, -0.15) is 0 Å². The fourth-order valence-electron chi connectivity index (χ4n) is 2.71. The number of nitrogens with zero attached hydrogens (tertiary/aromatic N) is 2. The Labute approximate surface area is 120 Å². The predicted molar refractivity (Wildman–Crippen MR) is 71.0 cm³/mol. The molecule has 7 heteroatoms. The van der Waals surface area contributed by atoms with Crippen molar-refractivity contribution >= 4 is 28.3 Å². The fraction of sp³-hybridized carbons (Fsp3) is 0.692. The molecule has 0 bridgehead atoms. The second kappa shape index (κ2) is 5.47. The minimum Gasteiger partial charge on any atom is -0.550 e. The summed E-state index contributed by atoms with van der Waals surface area (Å²) >= 11 is 1.39. The number of nitrogens with one attached hydrogen (secondary N) is 1. The van der Waals surface area contributed by atoms with Gasteiger partial charge in [-0.3, -0.25) is 4.79 Å². The molecular formula is C13H16N3O3S-. The maximum Gasteiger partial charge on any atom is 0.229 e. The molecule has 0 spiro atoms. The first-order chi connectivity index (χ1) is 9.65. The second-order valence-electron chi connectivity index (χ2n) is 5.53. The van der Waals surface area contributed by atoms with Crippen LogP contribution >= 0.6 is 11.3 Å². The summed E-state index contributed by atoms with van der Waals surface area (Å²) in [6, 6.07) is 0. The Balaban J connectivity index is 1.65. The SMILES string of the molecule is O=C(Nc1nnc(C2CC2)s1)[C@H]1CCCC[C@H]1C(=O)[O-]. The van der Waals surface area contributed by atoms with Crippen molar-refractivity contribution in [2.45, 2.75) is 44.4 Å². The van der Waals surface area contributed by atoms with Crippen LogP contribution in [0.25, 0.3) is 0 Å². The maximum atomic E-state index is 12.2. The fourth-order valence-corrected chi connectivity index (χ4v) is 3.62. The lowest BCUT2D eigenvalue weighted by atomic mass is 9.79. The Morgan fingerprint density at radius 2 is 1.80 bits per heavy atom. The van der Waals surface area contributed by atoms with E-state index in [4.69, 9.17) is 0 Å². The Morgan fingerprint density at radius 1 is 1.10 bits per heavy atom. The van der Waals surface area contributed by atoms with Crippen LogP contribution in [0.5, 0.6) is 0 Å². The summed E-state index contributed by atoms with van der Waals surface area (Å²) in [5.74, 6) is -2.08. The third-order valence-corrected chi connectivity index (χ3v) is 5.00. The van der Waals surface area contributed by atoms with Crippen LogP contribution in [-0.2, 0) is 9.59 Å². The molecule has 108 valence electrons. The molecule has 2 aliphatic carbocycles. The molecule has 6 nitrogen and oxygen atoms in total. The van der Waals surface area contributed by atoms with E-state index < -0.39 is 17.8 Å². The topological polar surface area (TPSA) is 95.0 Å². The lowest BCUT2D eigenvalue weighted by Gasteiger charge is -2.30. The average Bonchev–Trinajstić information content (AvgIpc) is 3.19. The normalized spacial score (nSPS) is 26.2. The van der Waals surface area contributed by atoms with Crippen LogP contribution in [-0.4, -0.2) is 22.1 Å². The highest BCUT2D eigenvalue weighted by atomic mass is 32.1. The second-order valence-corrected chi connectivity index (χ2v) is 6.53. The van der Waals surface area contributed by atoms with E-state index in [-0.39, 0.29) is 5.91 Å². The Hall–Kier alpha value is -1.50. The molecule has 20 heavy (non-hydrogen) atoms. The van der Waals surface area contributed by atoms with Crippen LogP contribution in [0.1, 0.15) is 49.5 Å². The zero-order valence-electron chi connectivity index (χ0n) is 11.0. The molecule has 1 aromatic rings. The first kappa shape index (κ1) is 13.5. The average molecular weight is 294 g/mol. The molecule has 2 atom stereocenters. The van der Waals surface area contributed by atoms with E-state index >= 15 is 0 Å². The number of hydrogen-bond donors (Lipinski definition) is 1. The molecule has 0 saturated heterocycles. The summed E-state index contributed by atoms with van der Waals surface area (Å²) in [6.45, 7) is 0. The first-order valence-corrected chi connectivity index (χ1v) is 7.82. The number of carbonyl (C=O) groups is 2. The molecule has 3 rings (SSSR count). The molecule has 2 saturated carbocycles. The van der Waals surface area contributed by atoms with Crippen LogP contribution in [0.3, 0.4) is 0 Å². The molecule has 1 heterocycles. The monoisotopic (exact) mass is 294 g/mol. The number of aliphatic carboxylic acids is 1. The van der Waals surface area contributed by atoms with Gasteiger partial charge in [-0.15, -0.1) is 10.2 Å². The number of amides is 1. The van der Waals surface area contributed by atoms with Crippen molar-refractivity contribution in [3.05, 3.63) is 5.01 Å². The molecule has 0 unspecified atom stereocenters. The minimum absolute atomic E-state index is 0.266. The van der Waals surface area contributed by atoms with E-state index in [1.54, 1.807) is 0 Å². The van der Waals surface area contributed by atoms with E-state index in [1.165, 1.54) is 11.3 Å². The number of carboxylic acids is 1. The van der Waals surface area contributed by atoms with E-state index in [1.807, 2.05) is 0 Å². The Morgan fingerprint density at radius 3 is 2.45 bits per heavy atom. The molecular weight excluding hydrogens is 278 g/mol. The van der Waals surface area contributed by atoms with Crippen LogP contribution in [0.15, 0.2) is 0 Å². The van der Waals surface area contributed by atoms with Gasteiger partial charge in [0.15, 0.2) is 0 Å². The van der Waals surface area contributed by atoms with Crippen molar-refractivity contribution in [2.75, 3.05) is 5.32 Å². The Kier molecular flexibility index (Phi) is 3.69. The summed E-state index contributed by atoms with van der Waals surface area (Å²) in [4.78, 5) is 23.3. The predicted octanol–water partition coefficient (Wildman–Crippen LogP) is 0.910. The molecule has 0 aliphatic heterocycles. The van der Waals surface area contributed by atoms with Gasteiger partial charge in [0.2, 0.25) is 11.0 Å². The van der Waals surface area contributed by atoms with Crippen molar-refractivity contribution in [3.63, 3.8) is 0 Å². The van der Waals surface area contributed by atoms with Gasteiger partial charge >= 0.3 is 0 Å². The van der Waals surface area contributed by atoms with Crippen LogP contribution in [0.4, 0.5) is 5.13 Å². The summed E-state index contributed by atoms with van der Waals surface area (Å²) in [5, 5.41) is 23.3. The molecule has 1 aromatic heterocycles. The number of carbonyl (C=O) groups excluding carboxylic acids is 2. The zero-order chi connectivity index (χ0) is 14.1. The highest BCUT2D eigenvalue weighted by Gasteiger charge is 2.33. The van der Waals surface area contributed by atoms with Gasteiger partial charge < -0.3 is 15.2 Å². The molecule has 2 fully saturated rings. The zero-order valence-corrected chi connectivity index (χ0v) is 11.8. The van der Waals surface area contributed by atoms with E-state index in [0.29, 0.717) is 23.9 Å². The minimum atomic E-state index is -1.12. The standard InChI is InChI=1S/C13H17N3O3S/c17-10(8-3-1-2-4-9(8)12(18)19)14-13-16-15-11(20-13)7-5-6-7/h7-9H,1-6H2,(H,18,19)(H,14,16,17)/p-1/t8-,9+/m0/s1. The lowest BCUT2D eigenvalue weighted by molar-refractivity contribution is -0.313. The number of rotatable bonds is 4. The summed E-state index contributed by atoms with van der Waals surface area (Å²) in [6.07, 6.45) is 5.11. The largest absolute Gasteiger partial charge is 0.550 e. The molecule has 0 radical (unpaired) electrons. The highest BCUT2D eigenvalue weighted by Crippen LogP contribution is 2.42. The Bertz CT molecular complexity index is 527. The quantitative estimate of drug-likeness (QED) is 0.890. The van der Waals surface area contributed by atoms with Gasteiger partial charge in [0, 0.05) is 23.7 Å². The molecule has 1 N–H and O–H groups in total. The smallest absolute Gasteiger partial charge is 0.229 e. The van der Waals surface area contributed by atoms with Crippen molar-refractivity contribution in [2.24, 2.45) is 11.8 Å². The highest BCUT2D eigenvalue weighted by molar-refractivity contribution is 7.15.